The fourth-order valence-corrected chi connectivity index (χ4v) is 2.69. The van der Waals surface area contributed by atoms with Crippen molar-refractivity contribution < 1.29 is 9.53 Å². The Kier molecular flexibility index (Phi) is 6.27. The number of nitrogens with one attached hydrogen (secondary N) is 1. The molecule has 19 heavy (non-hydrogen) atoms. The zero-order chi connectivity index (χ0) is 14.5. The van der Waals surface area contributed by atoms with Crippen molar-refractivity contribution in [1.29, 1.82) is 0 Å². The minimum absolute atomic E-state index is 0.0833. The van der Waals surface area contributed by atoms with Crippen molar-refractivity contribution in [1.82, 2.24) is 10.2 Å². The molecule has 4 heteroatoms. The predicted octanol–water partition coefficient (Wildman–Crippen LogP) is 2.18. The third-order valence-corrected chi connectivity index (χ3v) is 4.27. The van der Waals surface area contributed by atoms with Crippen LogP contribution in [0, 0.1) is 0 Å². The Morgan fingerprint density at radius 1 is 1.32 bits per heavy atom. The third-order valence-electron chi connectivity index (χ3n) is 4.27. The molecule has 0 aromatic carbocycles. The Morgan fingerprint density at radius 2 is 1.89 bits per heavy atom. The highest BCUT2D eigenvalue weighted by Gasteiger charge is 2.34. The number of ether oxygens (including phenoxy) is 1. The van der Waals surface area contributed by atoms with Gasteiger partial charge in [-0.15, -0.1) is 0 Å². The van der Waals surface area contributed by atoms with E-state index < -0.39 is 5.60 Å². The van der Waals surface area contributed by atoms with Gasteiger partial charge in [-0.05, 0) is 52.5 Å². The topological polar surface area (TPSA) is 41.6 Å². The Labute approximate surface area is 117 Å². The minimum Gasteiger partial charge on any atom is -0.369 e. The van der Waals surface area contributed by atoms with Gasteiger partial charge in [-0.1, -0.05) is 6.92 Å². The van der Waals surface area contributed by atoms with Gasteiger partial charge in [0, 0.05) is 26.2 Å². The van der Waals surface area contributed by atoms with Crippen LogP contribution in [0.4, 0.5) is 0 Å². The molecule has 1 aliphatic rings. The van der Waals surface area contributed by atoms with Gasteiger partial charge in [0.15, 0.2) is 0 Å². The summed E-state index contributed by atoms with van der Waals surface area (Å²) >= 11 is 0. The molecule has 0 aliphatic heterocycles. The number of hydrogen-bond acceptors (Lipinski definition) is 3. The largest absolute Gasteiger partial charge is 0.369 e. The van der Waals surface area contributed by atoms with Gasteiger partial charge in [-0.25, -0.2) is 0 Å². The maximum absolute atomic E-state index is 12.3. The fraction of sp³-hybridized carbons (Fsp3) is 0.933. The van der Waals surface area contributed by atoms with E-state index in [1.165, 1.54) is 6.42 Å². The number of nitrogens with zero attached hydrogens (tertiary/aromatic N) is 1. The number of carbonyl (C=O) groups is 1. The molecule has 0 heterocycles. The van der Waals surface area contributed by atoms with E-state index in [1.807, 2.05) is 25.8 Å². The van der Waals surface area contributed by atoms with E-state index in [9.17, 15) is 4.79 Å². The average Bonchev–Trinajstić information content (AvgIpc) is 2.44. The lowest BCUT2D eigenvalue weighted by atomic mass is 9.89. The molecular weight excluding hydrogens is 240 g/mol. The van der Waals surface area contributed by atoms with Crippen molar-refractivity contribution in [2.75, 3.05) is 20.7 Å². The van der Waals surface area contributed by atoms with Crippen molar-refractivity contribution in [2.24, 2.45) is 0 Å². The molecule has 112 valence electrons. The molecule has 0 bridgehead atoms. The summed E-state index contributed by atoms with van der Waals surface area (Å²) in [6, 6.07) is 0.997. The maximum atomic E-state index is 12.3. The van der Waals surface area contributed by atoms with Gasteiger partial charge >= 0.3 is 0 Å². The lowest BCUT2D eigenvalue weighted by Crippen LogP contribution is -2.50. The number of carbonyl (C=O) groups excluding carboxylic acids is 1. The van der Waals surface area contributed by atoms with Crippen molar-refractivity contribution in [3.05, 3.63) is 0 Å². The van der Waals surface area contributed by atoms with E-state index in [4.69, 9.17) is 4.74 Å². The minimum atomic E-state index is -0.716. The molecular formula is C15H30N2O2. The van der Waals surface area contributed by atoms with Crippen LogP contribution in [-0.2, 0) is 9.53 Å². The molecule has 0 aromatic rings. The zero-order valence-electron chi connectivity index (χ0n) is 13.2. The van der Waals surface area contributed by atoms with Gasteiger partial charge in [0.05, 0.1) is 0 Å². The summed E-state index contributed by atoms with van der Waals surface area (Å²) in [5.41, 5.74) is -0.716. The van der Waals surface area contributed by atoms with Gasteiger partial charge in [-0.2, -0.15) is 0 Å². The quantitative estimate of drug-likeness (QED) is 0.804. The smallest absolute Gasteiger partial charge is 0.254 e. The Balaban J connectivity index is 2.44. The summed E-state index contributed by atoms with van der Waals surface area (Å²) in [5, 5.41) is 3.57. The molecule has 0 atom stereocenters. The fourth-order valence-electron chi connectivity index (χ4n) is 2.69. The van der Waals surface area contributed by atoms with Crippen molar-refractivity contribution in [3.63, 3.8) is 0 Å². The Morgan fingerprint density at radius 3 is 2.37 bits per heavy atom. The third kappa shape index (κ3) is 4.46. The van der Waals surface area contributed by atoms with Gasteiger partial charge in [0.25, 0.3) is 5.91 Å². The van der Waals surface area contributed by atoms with Crippen LogP contribution in [0.1, 0.15) is 52.9 Å². The van der Waals surface area contributed by atoms with E-state index in [1.54, 1.807) is 7.11 Å². The summed E-state index contributed by atoms with van der Waals surface area (Å²) in [4.78, 5) is 14.2. The first-order valence-corrected chi connectivity index (χ1v) is 7.48. The first kappa shape index (κ1) is 16.4. The van der Waals surface area contributed by atoms with E-state index in [0.29, 0.717) is 12.1 Å². The van der Waals surface area contributed by atoms with Crippen LogP contribution in [0.15, 0.2) is 0 Å². The molecule has 1 fully saturated rings. The van der Waals surface area contributed by atoms with E-state index in [-0.39, 0.29) is 5.91 Å². The molecule has 1 rings (SSSR count). The summed E-state index contributed by atoms with van der Waals surface area (Å²) < 4.78 is 5.28. The van der Waals surface area contributed by atoms with Crippen molar-refractivity contribution in [2.45, 2.75) is 70.6 Å². The Hall–Kier alpha value is -0.610. The molecule has 0 spiro atoms. The molecule has 1 N–H and O–H groups in total. The predicted molar refractivity (Wildman–Crippen MR) is 78.2 cm³/mol. The molecule has 0 unspecified atom stereocenters. The van der Waals surface area contributed by atoms with Crippen molar-refractivity contribution >= 4 is 5.91 Å². The number of likely N-dealkylation sites (N-methyl/N-ethyl adjacent to an activating group) is 1. The van der Waals surface area contributed by atoms with Crippen molar-refractivity contribution in [3.8, 4) is 0 Å². The molecule has 4 nitrogen and oxygen atoms in total. The summed E-state index contributed by atoms with van der Waals surface area (Å²) in [5.74, 6) is 0.0833. The first-order valence-electron chi connectivity index (χ1n) is 7.48. The van der Waals surface area contributed by atoms with Crippen LogP contribution in [0.25, 0.3) is 0 Å². The summed E-state index contributed by atoms with van der Waals surface area (Å²) in [7, 11) is 3.50. The standard InChI is InChI=1S/C15H30N2O2/c1-6-11-16-12-7-9-13(10-8-12)17(4)14(18)15(2,3)19-5/h12-13,16H,6-11H2,1-5H3. The number of hydrogen-bond donors (Lipinski definition) is 1. The van der Waals surface area contributed by atoms with Crippen LogP contribution in [-0.4, -0.2) is 49.2 Å². The molecule has 1 amide bonds. The number of amides is 1. The first-order chi connectivity index (χ1) is 8.92. The number of methoxy groups -OCH3 is 1. The zero-order valence-corrected chi connectivity index (χ0v) is 13.2. The van der Waals surface area contributed by atoms with Crippen LogP contribution in [0.5, 0.6) is 0 Å². The lowest BCUT2D eigenvalue weighted by Gasteiger charge is -2.38. The highest BCUT2D eigenvalue weighted by atomic mass is 16.5. The lowest BCUT2D eigenvalue weighted by molar-refractivity contribution is -0.152. The second-order valence-corrected chi connectivity index (χ2v) is 6.09. The van der Waals surface area contributed by atoms with E-state index in [2.05, 4.69) is 12.2 Å². The van der Waals surface area contributed by atoms with Crippen LogP contribution in [0.3, 0.4) is 0 Å². The van der Waals surface area contributed by atoms with Crippen LogP contribution in [0.2, 0.25) is 0 Å². The second kappa shape index (κ2) is 7.25. The van der Waals surface area contributed by atoms with Gasteiger partial charge in [0.1, 0.15) is 5.60 Å². The van der Waals surface area contributed by atoms with E-state index >= 15 is 0 Å². The molecule has 0 radical (unpaired) electrons. The van der Waals surface area contributed by atoms with Crippen LogP contribution < -0.4 is 5.32 Å². The second-order valence-electron chi connectivity index (χ2n) is 6.09. The summed E-state index contributed by atoms with van der Waals surface area (Å²) in [6.07, 6.45) is 5.68. The van der Waals surface area contributed by atoms with Gasteiger partial charge < -0.3 is 15.0 Å². The SMILES string of the molecule is CCCNC1CCC(N(C)C(=O)C(C)(C)OC)CC1. The summed E-state index contributed by atoms with van der Waals surface area (Å²) in [6.45, 7) is 6.96. The van der Waals surface area contributed by atoms with E-state index in [0.717, 1.165) is 32.2 Å². The normalized spacial score (nSPS) is 24.3. The van der Waals surface area contributed by atoms with Gasteiger partial charge in [-0.3, -0.25) is 4.79 Å². The molecule has 0 saturated heterocycles. The highest BCUT2D eigenvalue weighted by molar-refractivity contribution is 5.84. The average molecular weight is 270 g/mol. The monoisotopic (exact) mass is 270 g/mol. The highest BCUT2D eigenvalue weighted by Crippen LogP contribution is 2.24. The number of rotatable bonds is 6. The maximum Gasteiger partial charge on any atom is 0.254 e. The Bertz CT molecular complexity index is 284. The molecule has 0 aromatic heterocycles. The molecule has 1 saturated carbocycles. The molecule has 1 aliphatic carbocycles. The van der Waals surface area contributed by atoms with Gasteiger partial charge in [0.2, 0.25) is 0 Å². The van der Waals surface area contributed by atoms with Crippen LogP contribution >= 0.6 is 0 Å².